The number of hydrogen-bond donors (Lipinski definition) is 1. The van der Waals surface area contributed by atoms with E-state index in [4.69, 9.17) is 9.47 Å². The predicted molar refractivity (Wildman–Crippen MR) is 105 cm³/mol. The number of hydrogen-bond acceptors (Lipinski definition) is 4. The second kappa shape index (κ2) is 8.33. The smallest absolute Gasteiger partial charge is 0.251 e. The number of ether oxygens (including phenoxy) is 2. The molecule has 1 atom stereocenters. The van der Waals surface area contributed by atoms with Crippen molar-refractivity contribution in [3.8, 4) is 11.5 Å². The molecule has 0 unspecified atom stereocenters. The summed E-state index contributed by atoms with van der Waals surface area (Å²) in [4.78, 5) is 26.8. The summed E-state index contributed by atoms with van der Waals surface area (Å²) in [5.41, 5.74) is 1.49. The third kappa shape index (κ3) is 4.11. The molecule has 0 spiro atoms. The Bertz CT molecular complexity index is 853. The molecule has 0 saturated carbocycles. The predicted octanol–water partition coefficient (Wildman–Crippen LogP) is 2.94. The fourth-order valence-electron chi connectivity index (χ4n) is 3.58. The summed E-state index contributed by atoms with van der Waals surface area (Å²) >= 11 is 0. The van der Waals surface area contributed by atoms with Crippen LogP contribution >= 0.6 is 0 Å². The molecule has 6 heteroatoms. The van der Waals surface area contributed by atoms with Crippen molar-refractivity contribution in [2.45, 2.75) is 25.3 Å². The number of nitrogens with zero attached hydrogens (tertiary/aromatic N) is 1. The highest BCUT2D eigenvalue weighted by molar-refractivity contribution is 5.95. The molecule has 1 fully saturated rings. The van der Waals surface area contributed by atoms with Crippen LogP contribution in [0.3, 0.4) is 0 Å². The SMILES string of the molecule is O=C(N[C@@H](CN1CCCC1=O)c1ccccc1)c1ccc2c(c1)OCCCO2. The average Bonchev–Trinajstić information content (AvgIpc) is 2.98. The van der Waals surface area contributed by atoms with Crippen molar-refractivity contribution in [3.63, 3.8) is 0 Å². The molecule has 2 amide bonds. The maximum absolute atomic E-state index is 12.9. The van der Waals surface area contributed by atoms with Gasteiger partial charge in [0.1, 0.15) is 0 Å². The van der Waals surface area contributed by atoms with Crippen molar-refractivity contribution in [1.82, 2.24) is 10.2 Å². The minimum Gasteiger partial charge on any atom is -0.490 e. The standard InChI is InChI=1S/C22H24N2O4/c25-21-8-4-11-24(21)15-18(16-6-2-1-3-7-16)23-22(26)17-9-10-19-20(14-17)28-13-5-12-27-19/h1-3,6-7,9-10,14,18H,4-5,8,11-13,15H2,(H,23,26)/t18-/m0/s1. The molecule has 4 rings (SSSR count). The lowest BCUT2D eigenvalue weighted by Gasteiger charge is -2.25. The molecule has 2 aliphatic heterocycles. The number of rotatable bonds is 5. The van der Waals surface area contributed by atoms with Crippen LogP contribution in [-0.2, 0) is 4.79 Å². The van der Waals surface area contributed by atoms with E-state index in [1.807, 2.05) is 35.2 Å². The van der Waals surface area contributed by atoms with E-state index >= 15 is 0 Å². The van der Waals surface area contributed by atoms with E-state index < -0.39 is 0 Å². The highest BCUT2D eigenvalue weighted by Gasteiger charge is 2.26. The van der Waals surface area contributed by atoms with Crippen molar-refractivity contribution in [1.29, 1.82) is 0 Å². The molecule has 0 bridgehead atoms. The van der Waals surface area contributed by atoms with Crippen LogP contribution in [0, 0.1) is 0 Å². The lowest BCUT2D eigenvalue weighted by Crippen LogP contribution is -2.38. The molecular weight excluding hydrogens is 356 g/mol. The first-order chi connectivity index (χ1) is 13.7. The normalized spacial score (nSPS) is 17.1. The summed E-state index contributed by atoms with van der Waals surface area (Å²) < 4.78 is 11.3. The van der Waals surface area contributed by atoms with Gasteiger partial charge in [-0.15, -0.1) is 0 Å². The number of amides is 2. The van der Waals surface area contributed by atoms with Crippen LogP contribution in [-0.4, -0.2) is 43.0 Å². The van der Waals surface area contributed by atoms with Crippen LogP contribution in [0.4, 0.5) is 0 Å². The van der Waals surface area contributed by atoms with E-state index in [-0.39, 0.29) is 17.9 Å². The molecule has 1 saturated heterocycles. The highest BCUT2D eigenvalue weighted by Crippen LogP contribution is 2.30. The molecule has 6 nitrogen and oxygen atoms in total. The lowest BCUT2D eigenvalue weighted by molar-refractivity contribution is -0.128. The third-order valence-electron chi connectivity index (χ3n) is 5.09. The number of fused-ring (bicyclic) bond motifs is 1. The summed E-state index contributed by atoms with van der Waals surface area (Å²) in [6, 6.07) is 14.7. The van der Waals surface area contributed by atoms with Gasteiger partial charge >= 0.3 is 0 Å². The molecule has 2 aromatic rings. The van der Waals surface area contributed by atoms with Crippen LogP contribution in [0.2, 0.25) is 0 Å². The summed E-state index contributed by atoms with van der Waals surface area (Å²) in [6.45, 7) is 2.39. The largest absolute Gasteiger partial charge is 0.490 e. The van der Waals surface area contributed by atoms with Gasteiger partial charge < -0.3 is 19.7 Å². The quantitative estimate of drug-likeness (QED) is 0.866. The zero-order valence-electron chi connectivity index (χ0n) is 15.7. The summed E-state index contributed by atoms with van der Waals surface area (Å²) in [6.07, 6.45) is 2.27. The molecule has 28 heavy (non-hydrogen) atoms. The van der Waals surface area contributed by atoms with Gasteiger partial charge in [0.2, 0.25) is 5.91 Å². The Morgan fingerprint density at radius 2 is 1.82 bits per heavy atom. The van der Waals surface area contributed by atoms with E-state index in [9.17, 15) is 9.59 Å². The molecule has 2 heterocycles. The minimum atomic E-state index is -0.272. The van der Waals surface area contributed by atoms with Gasteiger partial charge in [0.15, 0.2) is 11.5 Å². The monoisotopic (exact) mass is 380 g/mol. The second-order valence-corrected chi connectivity index (χ2v) is 7.09. The van der Waals surface area contributed by atoms with Gasteiger partial charge in [0.25, 0.3) is 5.91 Å². The molecule has 2 aliphatic rings. The Morgan fingerprint density at radius 3 is 2.57 bits per heavy atom. The number of likely N-dealkylation sites (tertiary alicyclic amines) is 1. The van der Waals surface area contributed by atoms with E-state index in [0.717, 1.165) is 24.9 Å². The lowest BCUT2D eigenvalue weighted by atomic mass is 10.1. The Labute approximate surface area is 164 Å². The maximum atomic E-state index is 12.9. The third-order valence-corrected chi connectivity index (χ3v) is 5.09. The molecule has 1 N–H and O–H groups in total. The molecule has 0 radical (unpaired) electrons. The molecule has 0 aromatic heterocycles. The van der Waals surface area contributed by atoms with Gasteiger partial charge in [-0.2, -0.15) is 0 Å². The van der Waals surface area contributed by atoms with Crippen molar-refractivity contribution >= 4 is 11.8 Å². The van der Waals surface area contributed by atoms with Gasteiger partial charge in [-0.25, -0.2) is 0 Å². The van der Waals surface area contributed by atoms with Crippen LogP contribution in [0.5, 0.6) is 11.5 Å². The van der Waals surface area contributed by atoms with Gasteiger partial charge in [-0.3, -0.25) is 9.59 Å². The second-order valence-electron chi connectivity index (χ2n) is 7.09. The van der Waals surface area contributed by atoms with Gasteiger partial charge in [-0.05, 0) is 30.2 Å². The van der Waals surface area contributed by atoms with Gasteiger partial charge in [0, 0.05) is 31.5 Å². The van der Waals surface area contributed by atoms with E-state index in [1.54, 1.807) is 18.2 Å². The summed E-state index contributed by atoms with van der Waals surface area (Å²) in [5, 5.41) is 3.09. The fourth-order valence-corrected chi connectivity index (χ4v) is 3.58. The van der Waals surface area contributed by atoms with E-state index in [1.165, 1.54) is 0 Å². The topological polar surface area (TPSA) is 67.9 Å². The Hall–Kier alpha value is -3.02. The number of nitrogens with one attached hydrogen (secondary N) is 1. The van der Waals surface area contributed by atoms with Crippen LogP contribution < -0.4 is 14.8 Å². The minimum absolute atomic E-state index is 0.144. The number of carbonyl (C=O) groups is 2. The fraction of sp³-hybridized carbons (Fsp3) is 0.364. The van der Waals surface area contributed by atoms with Crippen LogP contribution in [0.25, 0.3) is 0 Å². The van der Waals surface area contributed by atoms with Crippen molar-refractivity contribution in [2.24, 2.45) is 0 Å². The van der Waals surface area contributed by atoms with Crippen LogP contribution in [0.1, 0.15) is 41.2 Å². The highest BCUT2D eigenvalue weighted by atomic mass is 16.5. The zero-order chi connectivity index (χ0) is 19.3. The van der Waals surface area contributed by atoms with Gasteiger partial charge in [0.05, 0.1) is 19.3 Å². The zero-order valence-corrected chi connectivity index (χ0v) is 15.7. The summed E-state index contributed by atoms with van der Waals surface area (Å²) in [5.74, 6) is 1.20. The van der Waals surface area contributed by atoms with Crippen molar-refractivity contribution in [3.05, 3.63) is 59.7 Å². The maximum Gasteiger partial charge on any atom is 0.251 e. The summed E-state index contributed by atoms with van der Waals surface area (Å²) in [7, 11) is 0. The first-order valence-corrected chi connectivity index (χ1v) is 9.74. The first kappa shape index (κ1) is 18.3. The van der Waals surface area contributed by atoms with E-state index in [0.29, 0.717) is 43.2 Å². The first-order valence-electron chi connectivity index (χ1n) is 9.74. The van der Waals surface area contributed by atoms with E-state index in [2.05, 4.69) is 5.32 Å². The van der Waals surface area contributed by atoms with Gasteiger partial charge in [-0.1, -0.05) is 30.3 Å². The van der Waals surface area contributed by atoms with Crippen molar-refractivity contribution in [2.75, 3.05) is 26.3 Å². The molecule has 0 aliphatic carbocycles. The average molecular weight is 380 g/mol. The Balaban J connectivity index is 1.53. The van der Waals surface area contributed by atoms with Crippen molar-refractivity contribution < 1.29 is 19.1 Å². The Morgan fingerprint density at radius 1 is 1.04 bits per heavy atom. The number of carbonyl (C=O) groups excluding carboxylic acids is 2. The van der Waals surface area contributed by atoms with Crippen LogP contribution in [0.15, 0.2) is 48.5 Å². The molecule has 146 valence electrons. The molecule has 2 aromatic carbocycles. The Kier molecular flexibility index (Phi) is 5.46. The molecular formula is C22H24N2O4. The number of benzene rings is 2.